The molecule has 3 rings (SSSR count). The van der Waals surface area contributed by atoms with Crippen LogP contribution in [0.4, 0.5) is 4.79 Å². The summed E-state index contributed by atoms with van der Waals surface area (Å²) in [6.07, 6.45) is 3.04. The lowest BCUT2D eigenvalue weighted by Crippen LogP contribution is -2.46. The van der Waals surface area contributed by atoms with Gasteiger partial charge in [0.05, 0.1) is 6.61 Å². The van der Waals surface area contributed by atoms with Gasteiger partial charge in [-0.25, -0.2) is 10.3 Å². The van der Waals surface area contributed by atoms with Gasteiger partial charge in [0.25, 0.3) is 0 Å². The van der Waals surface area contributed by atoms with Gasteiger partial charge < -0.3 is 10.6 Å². The van der Waals surface area contributed by atoms with E-state index < -0.39 is 0 Å². The van der Waals surface area contributed by atoms with Crippen molar-refractivity contribution in [1.82, 2.24) is 16.1 Å². The third-order valence-corrected chi connectivity index (χ3v) is 5.07. The minimum absolute atomic E-state index is 0.00763. The second-order valence-electron chi connectivity index (χ2n) is 7.43. The van der Waals surface area contributed by atoms with Gasteiger partial charge in [-0.15, -0.1) is 0 Å². The molecule has 3 aromatic rings. The van der Waals surface area contributed by atoms with Crippen LogP contribution in [0, 0.1) is 0 Å². The average Bonchev–Trinajstić information content (AvgIpc) is 2.79. The number of carbonyl (C=O) groups excluding carboxylic acids is 1. The first-order valence-corrected chi connectivity index (χ1v) is 10.7. The Morgan fingerprint density at radius 3 is 2.57 bits per heavy atom. The van der Waals surface area contributed by atoms with Crippen molar-refractivity contribution >= 4 is 16.8 Å². The van der Waals surface area contributed by atoms with Crippen molar-refractivity contribution in [2.75, 3.05) is 6.54 Å². The maximum Gasteiger partial charge on any atom is 0.315 e. The van der Waals surface area contributed by atoms with Crippen LogP contribution in [0.1, 0.15) is 37.3 Å². The van der Waals surface area contributed by atoms with Crippen molar-refractivity contribution in [2.24, 2.45) is 0 Å². The molecular formula is C25H31N3O2. The van der Waals surface area contributed by atoms with E-state index in [1.165, 1.54) is 10.8 Å². The van der Waals surface area contributed by atoms with Crippen LogP contribution in [0.3, 0.4) is 0 Å². The molecule has 0 bridgehead atoms. The number of benzene rings is 3. The molecule has 1 atom stereocenters. The van der Waals surface area contributed by atoms with Crippen LogP contribution in [0.2, 0.25) is 0 Å². The van der Waals surface area contributed by atoms with Gasteiger partial charge in [0, 0.05) is 19.1 Å². The van der Waals surface area contributed by atoms with Crippen LogP contribution in [0.5, 0.6) is 0 Å². The maximum atomic E-state index is 12.5. The molecule has 0 aliphatic carbocycles. The molecule has 5 heteroatoms. The Kier molecular flexibility index (Phi) is 8.69. The summed E-state index contributed by atoms with van der Waals surface area (Å²) < 4.78 is 0. The molecule has 30 heavy (non-hydrogen) atoms. The van der Waals surface area contributed by atoms with E-state index in [9.17, 15) is 4.79 Å². The summed E-state index contributed by atoms with van der Waals surface area (Å²) in [6, 6.07) is 24.2. The maximum absolute atomic E-state index is 12.5. The van der Waals surface area contributed by atoms with Crippen molar-refractivity contribution in [2.45, 2.75) is 45.4 Å². The number of nitrogens with one attached hydrogen (secondary N) is 3. The van der Waals surface area contributed by atoms with Gasteiger partial charge in [-0.1, -0.05) is 92.6 Å². The molecule has 0 radical (unpaired) electrons. The van der Waals surface area contributed by atoms with E-state index in [4.69, 9.17) is 4.84 Å². The van der Waals surface area contributed by atoms with Gasteiger partial charge in [0.15, 0.2) is 0 Å². The van der Waals surface area contributed by atoms with Crippen molar-refractivity contribution in [3.63, 3.8) is 0 Å². The predicted octanol–water partition coefficient (Wildman–Crippen LogP) is 4.92. The fourth-order valence-electron chi connectivity index (χ4n) is 3.40. The van der Waals surface area contributed by atoms with E-state index in [-0.39, 0.29) is 12.1 Å². The van der Waals surface area contributed by atoms with Gasteiger partial charge in [-0.05, 0) is 28.3 Å². The lowest BCUT2D eigenvalue weighted by atomic mass is 10.0. The lowest BCUT2D eigenvalue weighted by Gasteiger charge is -2.20. The zero-order chi connectivity index (χ0) is 21.0. The number of hydroxylamine groups is 1. The monoisotopic (exact) mass is 405 g/mol. The molecule has 5 nitrogen and oxygen atoms in total. The van der Waals surface area contributed by atoms with Crippen molar-refractivity contribution in [3.05, 3.63) is 83.9 Å². The molecule has 0 saturated carbocycles. The Hall–Kier alpha value is -2.89. The number of fused-ring (bicyclic) bond motifs is 1. The Morgan fingerprint density at radius 1 is 0.967 bits per heavy atom. The second kappa shape index (κ2) is 12.0. The smallest absolute Gasteiger partial charge is 0.315 e. The first-order chi connectivity index (χ1) is 14.8. The highest BCUT2D eigenvalue weighted by molar-refractivity contribution is 5.86. The minimum atomic E-state index is -0.158. The van der Waals surface area contributed by atoms with Crippen LogP contribution < -0.4 is 16.1 Å². The standard InChI is InChI=1S/C25H31N3O2/c1-2-3-15-23(18-27-30-19-20-10-5-4-6-11-20)28-25(29)26-17-22-14-9-13-21-12-7-8-16-24(21)22/h4-14,16,23,27H,2-3,15,17-19H2,1H3,(H2,26,28,29). The molecule has 1 unspecified atom stereocenters. The summed E-state index contributed by atoms with van der Waals surface area (Å²) in [7, 11) is 0. The molecule has 3 N–H and O–H groups in total. The van der Waals surface area contributed by atoms with Crippen LogP contribution in [-0.4, -0.2) is 18.6 Å². The van der Waals surface area contributed by atoms with Crippen molar-refractivity contribution < 1.29 is 9.63 Å². The molecule has 158 valence electrons. The van der Waals surface area contributed by atoms with Gasteiger partial charge in [0.1, 0.15) is 0 Å². The highest BCUT2D eigenvalue weighted by Crippen LogP contribution is 2.18. The third-order valence-electron chi connectivity index (χ3n) is 5.07. The predicted molar refractivity (Wildman–Crippen MR) is 122 cm³/mol. The van der Waals surface area contributed by atoms with Gasteiger partial charge in [-0.3, -0.25) is 4.84 Å². The fourth-order valence-corrected chi connectivity index (χ4v) is 3.40. The zero-order valence-corrected chi connectivity index (χ0v) is 17.6. The molecule has 0 spiro atoms. The van der Waals surface area contributed by atoms with Crippen molar-refractivity contribution in [1.29, 1.82) is 0 Å². The third kappa shape index (κ3) is 6.87. The summed E-state index contributed by atoms with van der Waals surface area (Å²) in [5, 5.41) is 8.42. The van der Waals surface area contributed by atoms with Crippen LogP contribution in [0.15, 0.2) is 72.8 Å². The first kappa shape index (κ1) is 21.8. The Bertz CT molecular complexity index is 909. The molecule has 0 fully saturated rings. The number of unbranched alkanes of at least 4 members (excludes halogenated alkanes) is 1. The largest absolute Gasteiger partial charge is 0.334 e. The summed E-state index contributed by atoms with van der Waals surface area (Å²) >= 11 is 0. The van der Waals surface area contributed by atoms with Gasteiger partial charge in [0.2, 0.25) is 0 Å². The second-order valence-corrected chi connectivity index (χ2v) is 7.43. The van der Waals surface area contributed by atoms with E-state index in [0.717, 1.165) is 30.4 Å². The highest BCUT2D eigenvalue weighted by atomic mass is 16.6. The number of hydrogen-bond acceptors (Lipinski definition) is 3. The summed E-state index contributed by atoms with van der Waals surface area (Å²) in [5.74, 6) is 0. The molecule has 3 aromatic carbocycles. The molecular weight excluding hydrogens is 374 g/mol. The molecule has 0 saturated heterocycles. The number of amides is 2. The number of rotatable bonds is 11. The van der Waals surface area contributed by atoms with E-state index >= 15 is 0 Å². The van der Waals surface area contributed by atoms with E-state index in [2.05, 4.69) is 47.3 Å². The number of hydrogen-bond donors (Lipinski definition) is 3. The summed E-state index contributed by atoms with van der Waals surface area (Å²) in [6.45, 7) is 3.70. The summed E-state index contributed by atoms with van der Waals surface area (Å²) in [4.78, 5) is 18.1. The Balaban J connectivity index is 1.46. The minimum Gasteiger partial charge on any atom is -0.334 e. The van der Waals surface area contributed by atoms with Crippen LogP contribution >= 0.6 is 0 Å². The normalized spacial score (nSPS) is 11.9. The Morgan fingerprint density at radius 2 is 1.73 bits per heavy atom. The SMILES string of the molecule is CCCCC(CNOCc1ccccc1)NC(=O)NCc1cccc2ccccc12. The van der Waals surface area contributed by atoms with Crippen LogP contribution in [0.25, 0.3) is 10.8 Å². The molecule has 0 aliphatic rings. The first-order valence-electron chi connectivity index (χ1n) is 10.7. The molecule has 0 heterocycles. The van der Waals surface area contributed by atoms with Crippen LogP contribution in [-0.2, 0) is 18.0 Å². The van der Waals surface area contributed by atoms with Crippen molar-refractivity contribution in [3.8, 4) is 0 Å². The quantitative estimate of drug-likeness (QED) is 0.313. The highest BCUT2D eigenvalue weighted by Gasteiger charge is 2.12. The molecule has 0 aromatic heterocycles. The number of urea groups is 1. The van der Waals surface area contributed by atoms with Gasteiger partial charge >= 0.3 is 6.03 Å². The van der Waals surface area contributed by atoms with E-state index in [1.54, 1.807) is 0 Å². The zero-order valence-electron chi connectivity index (χ0n) is 17.6. The topological polar surface area (TPSA) is 62.4 Å². The molecule has 2 amide bonds. The Labute approximate surface area is 178 Å². The lowest BCUT2D eigenvalue weighted by molar-refractivity contribution is 0.0230. The molecule has 0 aliphatic heterocycles. The number of carbonyl (C=O) groups is 1. The van der Waals surface area contributed by atoms with E-state index in [0.29, 0.717) is 19.7 Å². The average molecular weight is 406 g/mol. The van der Waals surface area contributed by atoms with Gasteiger partial charge in [-0.2, -0.15) is 0 Å². The van der Waals surface area contributed by atoms with E-state index in [1.807, 2.05) is 48.5 Å². The fraction of sp³-hybridized carbons (Fsp3) is 0.320. The summed E-state index contributed by atoms with van der Waals surface area (Å²) in [5.41, 5.74) is 5.22.